The van der Waals surface area contributed by atoms with Crippen molar-refractivity contribution >= 4 is 28.2 Å². The van der Waals surface area contributed by atoms with Crippen molar-refractivity contribution < 1.29 is 8.78 Å². The van der Waals surface area contributed by atoms with Gasteiger partial charge >= 0.3 is 0 Å². The third-order valence-electron chi connectivity index (χ3n) is 3.03. The highest BCUT2D eigenvalue weighted by Gasteiger charge is 2.11. The van der Waals surface area contributed by atoms with Crippen LogP contribution in [0.15, 0.2) is 42.6 Å². The second kappa shape index (κ2) is 5.32. The Kier molecular flexibility index (Phi) is 3.35. The summed E-state index contributed by atoms with van der Waals surface area (Å²) in [6.45, 7) is 0. The molecular weight excluding hydrogens is 274 g/mol. The molecule has 0 aliphatic rings. The number of rotatable bonds is 3. The second-order valence-electron chi connectivity index (χ2n) is 4.44. The number of hydrogen-bond acceptors (Lipinski definition) is 4. The molecule has 1 aromatic carbocycles. The average Bonchev–Trinajstić information content (AvgIpc) is 2.50. The lowest BCUT2D eigenvalue weighted by atomic mass is 10.2. The van der Waals surface area contributed by atoms with Crippen molar-refractivity contribution in [2.24, 2.45) is 0 Å². The third-order valence-corrected chi connectivity index (χ3v) is 3.03. The zero-order valence-electron chi connectivity index (χ0n) is 11.2. The fourth-order valence-corrected chi connectivity index (χ4v) is 2.02. The molecule has 0 saturated heterocycles. The molecule has 0 atom stereocenters. The van der Waals surface area contributed by atoms with Crippen molar-refractivity contribution in [2.75, 3.05) is 17.7 Å². The summed E-state index contributed by atoms with van der Waals surface area (Å²) in [5.41, 5.74) is 1.49. The monoisotopic (exact) mass is 286 g/mol. The number of benzene rings is 1. The molecule has 0 radical (unpaired) electrons. The molecule has 6 heteroatoms. The Bertz CT molecular complexity index is 805. The maximum absolute atomic E-state index is 13.8. The van der Waals surface area contributed by atoms with E-state index in [2.05, 4.69) is 20.6 Å². The summed E-state index contributed by atoms with van der Waals surface area (Å²) in [7, 11) is 1.52. The van der Waals surface area contributed by atoms with Gasteiger partial charge in [0.15, 0.2) is 23.3 Å². The van der Waals surface area contributed by atoms with Crippen molar-refractivity contribution in [3.63, 3.8) is 0 Å². The Morgan fingerprint density at radius 3 is 2.62 bits per heavy atom. The minimum atomic E-state index is -0.752. The molecule has 0 spiro atoms. The Morgan fingerprint density at radius 2 is 1.81 bits per heavy atom. The maximum Gasteiger partial charge on any atom is 0.169 e. The fourth-order valence-electron chi connectivity index (χ4n) is 2.02. The third kappa shape index (κ3) is 2.60. The van der Waals surface area contributed by atoms with Crippen LogP contribution in [0.2, 0.25) is 0 Å². The summed E-state index contributed by atoms with van der Waals surface area (Å²) < 4.78 is 27.1. The SMILES string of the molecule is CNc1nc(Nc2ccc3ncccc3c2)c(F)cc1F. The molecule has 0 fully saturated rings. The molecule has 21 heavy (non-hydrogen) atoms. The zero-order valence-corrected chi connectivity index (χ0v) is 11.2. The number of pyridine rings is 2. The number of nitrogens with one attached hydrogen (secondary N) is 2. The molecule has 4 nitrogen and oxygen atoms in total. The maximum atomic E-state index is 13.8. The van der Waals surface area contributed by atoms with Gasteiger partial charge in [0.1, 0.15) is 0 Å². The van der Waals surface area contributed by atoms with E-state index in [0.29, 0.717) is 5.69 Å². The van der Waals surface area contributed by atoms with Gasteiger partial charge in [-0.1, -0.05) is 6.07 Å². The summed E-state index contributed by atoms with van der Waals surface area (Å²) >= 11 is 0. The lowest BCUT2D eigenvalue weighted by Crippen LogP contribution is -2.03. The van der Waals surface area contributed by atoms with Crippen molar-refractivity contribution in [3.05, 3.63) is 54.2 Å². The average molecular weight is 286 g/mol. The topological polar surface area (TPSA) is 49.8 Å². The first-order valence-electron chi connectivity index (χ1n) is 6.33. The van der Waals surface area contributed by atoms with Gasteiger partial charge in [0.05, 0.1) is 5.52 Å². The van der Waals surface area contributed by atoms with Crippen LogP contribution in [0.5, 0.6) is 0 Å². The number of nitrogens with zero attached hydrogens (tertiary/aromatic N) is 2. The highest BCUT2D eigenvalue weighted by molar-refractivity contribution is 5.83. The minimum absolute atomic E-state index is 0.0126. The molecule has 3 rings (SSSR count). The number of hydrogen-bond donors (Lipinski definition) is 2. The Hall–Kier alpha value is -2.76. The zero-order chi connectivity index (χ0) is 14.8. The van der Waals surface area contributed by atoms with Crippen LogP contribution in [0.4, 0.5) is 26.1 Å². The second-order valence-corrected chi connectivity index (χ2v) is 4.44. The van der Waals surface area contributed by atoms with Crippen LogP contribution in [0, 0.1) is 11.6 Å². The van der Waals surface area contributed by atoms with E-state index < -0.39 is 11.6 Å². The molecule has 106 valence electrons. The van der Waals surface area contributed by atoms with Crippen LogP contribution in [-0.4, -0.2) is 17.0 Å². The van der Waals surface area contributed by atoms with Gasteiger partial charge in [0, 0.05) is 30.4 Å². The Labute approximate surface area is 119 Å². The van der Waals surface area contributed by atoms with E-state index >= 15 is 0 Å². The minimum Gasteiger partial charge on any atom is -0.371 e. The lowest BCUT2D eigenvalue weighted by molar-refractivity contribution is 0.580. The molecule has 2 aromatic heterocycles. The highest BCUT2D eigenvalue weighted by atomic mass is 19.1. The first kappa shape index (κ1) is 13.2. The summed E-state index contributed by atoms with van der Waals surface area (Å²) in [5, 5.41) is 6.34. The van der Waals surface area contributed by atoms with Crippen LogP contribution in [0.25, 0.3) is 10.9 Å². The molecule has 2 N–H and O–H groups in total. The van der Waals surface area contributed by atoms with E-state index in [1.807, 2.05) is 24.3 Å². The van der Waals surface area contributed by atoms with Gasteiger partial charge in [0.2, 0.25) is 0 Å². The van der Waals surface area contributed by atoms with Crippen LogP contribution < -0.4 is 10.6 Å². The molecule has 0 unspecified atom stereocenters. The van der Waals surface area contributed by atoms with Gasteiger partial charge in [0.25, 0.3) is 0 Å². The van der Waals surface area contributed by atoms with E-state index in [1.54, 1.807) is 12.3 Å². The quantitative estimate of drug-likeness (QED) is 0.771. The molecule has 0 aliphatic heterocycles. The first-order chi connectivity index (χ1) is 10.2. The van der Waals surface area contributed by atoms with Crippen LogP contribution in [0.3, 0.4) is 0 Å². The summed E-state index contributed by atoms with van der Waals surface area (Å²) in [6, 6.07) is 9.93. The number of anilines is 3. The van der Waals surface area contributed by atoms with Gasteiger partial charge in [-0.2, -0.15) is 0 Å². The molecule has 0 aliphatic carbocycles. The summed E-state index contributed by atoms with van der Waals surface area (Å²) in [4.78, 5) is 8.09. The van der Waals surface area contributed by atoms with E-state index in [9.17, 15) is 8.78 Å². The lowest BCUT2D eigenvalue weighted by Gasteiger charge is -2.10. The smallest absolute Gasteiger partial charge is 0.169 e. The van der Waals surface area contributed by atoms with Gasteiger partial charge in [-0.15, -0.1) is 0 Å². The van der Waals surface area contributed by atoms with E-state index in [1.165, 1.54) is 7.05 Å². The predicted octanol–water partition coefficient (Wildman–Crippen LogP) is 3.69. The molecule has 0 saturated carbocycles. The van der Waals surface area contributed by atoms with Crippen molar-refractivity contribution in [1.29, 1.82) is 0 Å². The molecule has 3 aromatic rings. The first-order valence-corrected chi connectivity index (χ1v) is 6.33. The Balaban J connectivity index is 1.98. The van der Waals surface area contributed by atoms with E-state index in [0.717, 1.165) is 17.0 Å². The fraction of sp³-hybridized carbons (Fsp3) is 0.0667. The summed E-state index contributed by atoms with van der Waals surface area (Å²) in [5.74, 6) is -1.54. The van der Waals surface area contributed by atoms with E-state index in [4.69, 9.17) is 0 Å². The van der Waals surface area contributed by atoms with Gasteiger partial charge in [-0.05, 0) is 24.3 Å². The highest BCUT2D eigenvalue weighted by Crippen LogP contribution is 2.24. The molecule has 2 heterocycles. The number of halogens is 2. The van der Waals surface area contributed by atoms with Crippen LogP contribution in [0.1, 0.15) is 0 Å². The van der Waals surface area contributed by atoms with Crippen molar-refractivity contribution in [1.82, 2.24) is 9.97 Å². The van der Waals surface area contributed by atoms with Gasteiger partial charge < -0.3 is 10.6 Å². The van der Waals surface area contributed by atoms with Gasteiger partial charge in [-0.25, -0.2) is 13.8 Å². The molecule has 0 bridgehead atoms. The summed E-state index contributed by atoms with van der Waals surface area (Å²) in [6.07, 6.45) is 1.70. The van der Waals surface area contributed by atoms with Crippen molar-refractivity contribution in [3.8, 4) is 0 Å². The standard InChI is InChI=1S/C15H12F2N4/c1-18-14-11(16)8-12(17)15(21-14)20-10-4-5-13-9(7-10)3-2-6-19-13/h2-8H,1H3,(H2,18,20,21). The number of fused-ring (bicyclic) bond motifs is 1. The van der Waals surface area contributed by atoms with Crippen LogP contribution >= 0.6 is 0 Å². The van der Waals surface area contributed by atoms with Gasteiger partial charge in [-0.3, -0.25) is 4.98 Å². The molecule has 0 amide bonds. The predicted molar refractivity (Wildman–Crippen MR) is 78.7 cm³/mol. The number of aromatic nitrogens is 2. The van der Waals surface area contributed by atoms with E-state index in [-0.39, 0.29) is 11.6 Å². The molecular formula is C15H12F2N4. The normalized spacial score (nSPS) is 10.6. The van der Waals surface area contributed by atoms with Crippen molar-refractivity contribution in [2.45, 2.75) is 0 Å². The Morgan fingerprint density at radius 1 is 1.00 bits per heavy atom. The van der Waals surface area contributed by atoms with Crippen LogP contribution in [-0.2, 0) is 0 Å². The largest absolute Gasteiger partial charge is 0.371 e.